The van der Waals surface area contributed by atoms with Gasteiger partial charge in [-0.05, 0) is 18.2 Å². The predicted octanol–water partition coefficient (Wildman–Crippen LogP) is 4.31. The van der Waals surface area contributed by atoms with Crippen molar-refractivity contribution in [2.45, 2.75) is 0 Å². The Morgan fingerprint density at radius 2 is 1.82 bits per heavy atom. The molecule has 3 nitrogen and oxygen atoms in total. The zero-order chi connectivity index (χ0) is 12.4. The van der Waals surface area contributed by atoms with Crippen molar-refractivity contribution in [2.75, 3.05) is 11.9 Å². The summed E-state index contributed by atoms with van der Waals surface area (Å²) < 4.78 is 0.978. The van der Waals surface area contributed by atoms with Crippen LogP contribution in [0, 0.1) is 0 Å². The molecule has 0 spiro atoms. The summed E-state index contributed by atoms with van der Waals surface area (Å²) in [4.78, 5) is 9.69. The molecule has 1 aromatic heterocycles. The lowest BCUT2D eigenvalue weighted by Gasteiger charge is -2.20. The first kappa shape index (κ1) is 12.6. The Hall–Kier alpha value is -0.840. The minimum absolute atomic E-state index is 0.326. The van der Waals surface area contributed by atoms with Crippen LogP contribution < -0.4 is 4.90 Å². The lowest BCUT2D eigenvalue weighted by molar-refractivity contribution is 1.11. The molecule has 0 aliphatic rings. The quantitative estimate of drug-likeness (QED) is 0.767. The van der Waals surface area contributed by atoms with Crippen molar-refractivity contribution in [3.8, 4) is 0 Å². The Morgan fingerprint density at radius 1 is 1.18 bits per heavy atom. The van der Waals surface area contributed by atoms with Crippen molar-refractivity contribution < 1.29 is 0 Å². The van der Waals surface area contributed by atoms with Gasteiger partial charge in [0.2, 0.25) is 0 Å². The van der Waals surface area contributed by atoms with Crippen LogP contribution in [0.15, 0.2) is 35.1 Å². The third-order valence-electron chi connectivity index (χ3n) is 2.26. The average molecular weight is 333 g/mol. The fourth-order valence-corrected chi connectivity index (χ4v) is 2.38. The molecule has 17 heavy (non-hydrogen) atoms. The van der Waals surface area contributed by atoms with Gasteiger partial charge < -0.3 is 4.90 Å². The molecule has 6 heteroatoms. The molecule has 0 atom stereocenters. The molecule has 0 unspecified atom stereocenters. The van der Waals surface area contributed by atoms with Gasteiger partial charge >= 0.3 is 0 Å². The molecule has 2 aromatic rings. The molecule has 0 aliphatic heterocycles. The third kappa shape index (κ3) is 2.70. The van der Waals surface area contributed by atoms with E-state index < -0.39 is 0 Å². The highest BCUT2D eigenvalue weighted by molar-refractivity contribution is 9.10. The Bertz CT molecular complexity index is 528. The van der Waals surface area contributed by atoms with Gasteiger partial charge in [0.1, 0.15) is 12.0 Å². The maximum Gasteiger partial charge on any atom is 0.157 e. The molecule has 1 aromatic carbocycles. The Labute approximate surface area is 118 Å². The van der Waals surface area contributed by atoms with E-state index >= 15 is 0 Å². The Kier molecular flexibility index (Phi) is 3.86. The second kappa shape index (κ2) is 5.21. The topological polar surface area (TPSA) is 29.0 Å². The molecule has 0 amide bonds. The van der Waals surface area contributed by atoms with E-state index in [1.54, 1.807) is 0 Å². The number of rotatable bonds is 2. The van der Waals surface area contributed by atoms with Crippen LogP contribution in [-0.2, 0) is 0 Å². The second-order valence-corrected chi connectivity index (χ2v) is 4.97. The monoisotopic (exact) mass is 331 g/mol. The maximum absolute atomic E-state index is 6.03. The molecule has 0 bridgehead atoms. The molecule has 1 heterocycles. The van der Waals surface area contributed by atoms with Crippen molar-refractivity contribution in [3.63, 3.8) is 0 Å². The Balaban J connectivity index is 2.47. The summed E-state index contributed by atoms with van der Waals surface area (Å²) in [6, 6.07) is 7.79. The predicted molar refractivity (Wildman–Crippen MR) is 74.3 cm³/mol. The van der Waals surface area contributed by atoms with Crippen LogP contribution in [0.4, 0.5) is 11.4 Å². The number of nitrogens with zero attached hydrogens (tertiary/aromatic N) is 3. The van der Waals surface area contributed by atoms with Gasteiger partial charge in [0, 0.05) is 17.2 Å². The smallest absolute Gasteiger partial charge is 0.157 e. The average Bonchev–Trinajstić information content (AvgIpc) is 2.28. The van der Waals surface area contributed by atoms with Gasteiger partial charge in [0.05, 0.1) is 0 Å². The summed E-state index contributed by atoms with van der Waals surface area (Å²) in [5, 5.41) is 0.653. The highest BCUT2D eigenvalue weighted by Crippen LogP contribution is 2.34. The summed E-state index contributed by atoms with van der Waals surface area (Å²) in [6.07, 6.45) is 1.34. The number of aromatic nitrogens is 2. The van der Waals surface area contributed by atoms with Gasteiger partial charge in [-0.15, -0.1) is 0 Å². The molecule has 0 aliphatic carbocycles. The van der Waals surface area contributed by atoms with Crippen LogP contribution in [-0.4, -0.2) is 17.0 Å². The fraction of sp³-hybridized carbons (Fsp3) is 0.0909. The first-order valence-corrected chi connectivity index (χ1v) is 6.30. The van der Waals surface area contributed by atoms with Gasteiger partial charge in [-0.25, -0.2) is 9.97 Å². The second-order valence-electron chi connectivity index (χ2n) is 3.34. The van der Waals surface area contributed by atoms with E-state index in [0.29, 0.717) is 16.0 Å². The van der Waals surface area contributed by atoms with E-state index in [1.807, 2.05) is 36.2 Å². The van der Waals surface area contributed by atoms with Crippen LogP contribution in [0.1, 0.15) is 0 Å². The van der Waals surface area contributed by atoms with E-state index in [-0.39, 0.29) is 0 Å². The van der Waals surface area contributed by atoms with Gasteiger partial charge in [-0.1, -0.05) is 45.2 Å². The molecule has 88 valence electrons. The Morgan fingerprint density at radius 3 is 2.41 bits per heavy atom. The van der Waals surface area contributed by atoms with E-state index in [0.717, 1.165) is 10.2 Å². The van der Waals surface area contributed by atoms with Gasteiger partial charge in [-0.2, -0.15) is 0 Å². The van der Waals surface area contributed by atoms with Crippen LogP contribution in [0.5, 0.6) is 0 Å². The van der Waals surface area contributed by atoms with Crippen molar-refractivity contribution in [2.24, 2.45) is 0 Å². The largest absolute Gasteiger partial charge is 0.340 e. The highest BCUT2D eigenvalue weighted by Gasteiger charge is 2.14. The lowest BCUT2D eigenvalue weighted by Crippen LogP contribution is -2.11. The van der Waals surface area contributed by atoms with Crippen LogP contribution in [0.3, 0.4) is 0 Å². The minimum atomic E-state index is 0.326. The summed E-state index contributed by atoms with van der Waals surface area (Å²) >= 11 is 15.5. The summed E-state index contributed by atoms with van der Waals surface area (Å²) in [5.41, 5.74) is 1.53. The number of anilines is 2. The van der Waals surface area contributed by atoms with E-state index in [2.05, 4.69) is 25.9 Å². The zero-order valence-corrected chi connectivity index (χ0v) is 12.0. The molecular weight excluding hydrogens is 325 g/mol. The number of benzene rings is 1. The van der Waals surface area contributed by atoms with Crippen LogP contribution >= 0.6 is 39.1 Å². The number of hydrogen-bond acceptors (Lipinski definition) is 3. The minimum Gasteiger partial charge on any atom is -0.340 e. The lowest BCUT2D eigenvalue weighted by atomic mass is 10.3. The molecule has 0 saturated heterocycles. The standard InChI is InChI=1S/C11H8BrCl2N3/c1-17(8-4-2-3-7(12)5-8)9-10(13)15-6-16-11(9)14/h2-6H,1H3. The molecule has 2 rings (SSSR count). The van der Waals surface area contributed by atoms with Gasteiger partial charge in [0.15, 0.2) is 10.3 Å². The highest BCUT2D eigenvalue weighted by atomic mass is 79.9. The van der Waals surface area contributed by atoms with Crippen molar-refractivity contribution in [1.29, 1.82) is 0 Å². The van der Waals surface area contributed by atoms with Gasteiger partial charge in [-0.3, -0.25) is 0 Å². The van der Waals surface area contributed by atoms with E-state index in [4.69, 9.17) is 23.2 Å². The molecule has 0 fully saturated rings. The fourth-order valence-electron chi connectivity index (χ4n) is 1.43. The SMILES string of the molecule is CN(c1cccc(Br)c1)c1c(Cl)ncnc1Cl. The van der Waals surface area contributed by atoms with Crippen LogP contribution in [0.2, 0.25) is 10.3 Å². The first-order chi connectivity index (χ1) is 8.09. The molecule has 0 N–H and O–H groups in total. The van der Waals surface area contributed by atoms with Gasteiger partial charge in [0.25, 0.3) is 0 Å². The van der Waals surface area contributed by atoms with Crippen molar-refractivity contribution >= 4 is 50.5 Å². The summed E-state index contributed by atoms with van der Waals surface area (Å²) in [5.74, 6) is 0. The summed E-state index contributed by atoms with van der Waals surface area (Å²) in [7, 11) is 1.86. The zero-order valence-electron chi connectivity index (χ0n) is 8.86. The molecule has 0 saturated carbocycles. The maximum atomic E-state index is 6.03. The third-order valence-corrected chi connectivity index (χ3v) is 3.31. The van der Waals surface area contributed by atoms with Crippen molar-refractivity contribution in [1.82, 2.24) is 9.97 Å². The molecular formula is C11H8BrCl2N3. The van der Waals surface area contributed by atoms with Crippen molar-refractivity contribution in [3.05, 3.63) is 45.4 Å². The number of hydrogen-bond donors (Lipinski definition) is 0. The van der Waals surface area contributed by atoms with E-state index in [1.165, 1.54) is 6.33 Å². The first-order valence-electron chi connectivity index (χ1n) is 4.75. The normalized spacial score (nSPS) is 10.4. The van der Waals surface area contributed by atoms with Crippen LogP contribution in [0.25, 0.3) is 0 Å². The summed E-state index contributed by atoms with van der Waals surface area (Å²) in [6.45, 7) is 0. The van der Waals surface area contributed by atoms with E-state index in [9.17, 15) is 0 Å². The molecule has 0 radical (unpaired) electrons. The number of halogens is 3.